The van der Waals surface area contributed by atoms with Crippen LogP contribution in [-0.4, -0.2) is 12.2 Å². The third kappa shape index (κ3) is 3.11. The molecule has 3 N–H and O–H groups in total. The molecular weight excluding hydrogens is 318 g/mol. The quantitative estimate of drug-likeness (QED) is 0.883. The van der Waals surface area contributed by atoms with Crippen LogP contribution in [0, 0.1) is 5.92 Å². The van der Waals surface area contributed by atoms with E-state index in [1.165, 1.54) is 25.7 Å². The number of halogens is 2. The summed E-state index contributed by atoms with van der Waals surface area (Å²) in [5.41, 5.74) is 7.31. The highest BCUT2D eigenvalue weighted by Gasteiger charge is 2.24. The van der Waals surface area contributed by atoms with Crippen molar-refractivity contribution in [3.63, 3.8) is 0 Å². The summed E-state index contributed by atoms with van der Waals surface area (Å²) in [5.74, 6) is 1.16. The van der Waals surface area contributed by atoms with Gasteiger partial charge in [0, 0.05) is 6.04 Å². The highest BCUT2D eigenvalue weighted by atomic mass is 79.9. The van der Waals surface area contributed by atoms with Crippen LogP contribution in [0.2, 0.25) is 0 Å². The molecule has 1 saturated carbocycles. The molecule has 0 spiro atoms. The number of benzene rings is 1. The summed E-state index contributed by atoms with van der Waals surface area (Å²) >= 11 is 3.33. The zero-order valence-corrected chi connectivity index (χ0v) is 12.8. The fourth-order valence-corrected chi connectivity index (χ4v) is 2.99. The number of phenols is 1. The van der Waals surface area contributed by atoms with E-state index in [9.17, 15) is 5.11 Å². The molecular formula is C13H19BrClNO2. The van der Waals surface area contributed by atoms with Gasteiger partial charge in [-0.25, -0.2) is 0 Å². The lowest BCUT2D eigenvalue weighted by Crippen LogP contribution is -2.19. The Kier molecular flexibility index (Phi) is 5.76. The molecule has 0 radical (unpaired) electrons. The Morgan fingerprint density at radius 1 is 1.39 bits per heavy atom. The average Bonchev–Trinajstić information content (AvgIpc) is 2.85. The van der Waals surface area contributed by atoms with E-state index >= 15 is 0 Å². The van der Waals surface area contributed by atoms with Gasteiger partial charge in [0.1, 0.15) is 0 Å². The second-order valence-electron chi connectivity index (χ2n) is 4.62. The van der Waals surface area contributed by atoms with E-state index in [-0.39, 0.29) is 24.2 Å². The van der Waals surface area contributed by atoms with Crippen molar-refractivity contribution in [2.24, 2.45) is 11.7 Å². The van der Waals surface area contributed by atoms with E-state index in [0.717, 1.165) is 5.56 Å². The zero-order chi connectivity index (χ0) is 12.4. The lowest BCUT2D eigenvalue weighted by Gasteiger charge is -2.20. The average molecular weight is 337 g/mol. The van der Waals surface area contributed by atoms with Gasteiger partial charge in [-0.15, -0.1) is 12.4 Å². The number of hydrogen-bond acceptors (Lipinski definition) is 3. The molecule has 0 unspecified atom stereocenters. The van der Waals surface area contributed by atoms with Crippen molar-refractivity contribution < 1.29 is 9.84 Å². The fourth-order valence-electron chi connectivity index (χ4n) is 2.53. The topological polar surface area (TPSA) is 55.5 Å². The van der Waals surface area contributed by atoms with Crippen molar-refractivity contribution in [2.75, 3.05) is 7.11 Å². The largest absolute Gasteiger partial charge is 0.503 e. The van der Waals surface area contributed by atoms with Crippen LogP contribution in [0.1, 0.15) is 37.3 Å². The smallest absolute Gasteiger partial charge is 0.172 e. The maximum atomic E-state index is 9.76. The maximum Gasteiger partial charge on any atom is 0.172 e. The third-order valence-electron chi connectivity index (χ3n) is 3.56. The molecule has 0 bridgehead atoms. The van der Waals surface area contributed by atoms with Gasteiger partial charge >= 0.3 is 0 Å². The molecule has 0 amide bonds. The van der Waals surface area contributed by atoms with Gasteiger partial charge in [-0.3, -0.25) is 0 Å². The van der Waals surface area contributed by atoms with Gasteiger partial charge in [0.15, 0.2) is 11.5 Å². The predicted molar refractivity (Wildman–Crippen MR) is 78.5 cm³/mol. The van der Waals surface area contributed by atoms with Crippen LogP contribution in [-0.2, 0) is 0 Å². The van der Waals surface area contributed by atoms with Gasteiger partial charge in [0.25, 0.3) is 0 Å². The summed E-state index contributed by atoms with van der Waals surface area (Å²) in [6, 6.07) is 3.76. The van der Waals surface area contributed by atoms with E-state index in [2.05, 4.69) is 15.9 Å². The summed E-state index contributed by atoms with van der Waals surface area (Å²) in [6.07, 6.45) is 4.94. The van der Waals surface area contributed by atoms with Crippen molar-refractivity contribution in [1.82, 2.24) is 0 Å². The first-order chi connectivity index (χ1) is 8.13. The number of aromatic hydroxyl groups is 1. The number of rotatable bonds is 3. The molecule has 1 aromatic carbocycles. The molecule has 1 fully saturated rings. The van der Waals surface area contributed by atoms with Crippen LogP contribution in [0.5, 0.6) is 11.5 Å². The first-order valence-electron chi connectivity index (χ1n) is 5.95. The number of ether oxygens (including phenoxy) is 1. The fraction of sp³-hybridized carbons (Fsp3) is 0.538. The number of phenolic OH excluding ortho intramolecular Hbond substituents is 1. The Morgan fingerprint density at radius 3 is 2.56 bits per heavy atom. The predicted octanol–water partition coefficient (Wildman–Crippen LogP) is 3.78. The van der Waals surface area contributed by atoms with Crippen LogP contribution in [0.3, 0.4) is 0 Å². The molecule has 102 valence electrons. The molecule has 0 aliphatic heterocycles. The Morgan fingerprint density at radius 2 is 2.00 bits per heavy atom. The van der Waals surface area contributed by atoms with E-state index < -0.39 is 0 Å². The molecule has 1 aromatic rings. The first kappa shape index (κ1) is 15.6. The van der Waals surface area contributed by atoms with Crippen molar-refractivity contribution in [3.8, 4) is 11.5 Å². The van der Waals surface area contributed by atoms with Crippen molar-refractivity contribution in [1.29, 1.82) is 0 Å². The van der Waals surface area contributed by atoms with Gasteiger partial charge in [-0.05, 0) is 52.4 Å². The van der Waals surface area contributed by atoms with E-state index in [0.29, 0.717) is 16.1 Å². The van der Waals surface area contributed by atoms with E-state index in [1.807, 2.05) is 12.1 Å². The molecule has 5 heteroatoms. The standard InChI is InChI=1S/C13H18BrNO2.ClH/c1-17-11-7-9(6-10(14)13(11)16)12(15)8-4-2-3-5-8;/h6-8,12,16H,2-5,15H2,1H3;1H/t12-;/m0./s1. The van der Waals surface area contributed by atoms with Crippen molar-refractivity contribution in [3.05, 3.63) is 22.2 Å². The summed E-state index contributed by atoms with van der Waals surface area (Å²) in [5, 5.41) is 9.76. The minimum absolute atomic E-state index is 0. The number of hydrogen-bond donors (Lipinski definition) is 2. The molecule has 1 atom stereocenters. The summed E-state index contributed by atoms with van der Waals surface area (Å²) in [4.78, 5) is 0. The summed E-state index contributed by atoms with van der Waals surface area (Å²) < 4.78 is 5.78. The molecule has 2 rings (SSSR count). The van der Waals surface area contributed by atoms with E-state index in [4.69, 9.17) is 10.5 Å². The molecule has 0 heterocycles. The molecule has 18 heavy (non-hydrogen) atoms. The van der Waals surface area contributed by atoms with Crippen LogP contribution >= 0.6 is 28.3 Å². The molecule has 1 aliphatic rings. The van der Waals surface area contributed by atoms with Crippen molar-refractivity contribution >= 4 is 28.3 Å². The Bertz CT molecular complexity index is 408. The monoisotopic (exact) mass is 335 g/mol. The van der Waals surface area contributed by atoms with E-state index in [1.54, 1.807) is 7.11 Å². The van der Waals surface area contributed by atoms with Gasteiger partial charge in [0.05, 0.1) is 11.6 Å². The SMILES string of the molecule is COc1cc([C@@H](N)C2CCCC2)cc(Br)c1O.Cl. The highest BCUT2D eigenvalue weighted by Crippen LogP contribution is 2.40. The molecule has 1 aliphatic carbocycles. The van der Waals surface area contributed by atoms with Crippen molar-refractivity contribution in [2.45, 2.75) is 31.7 Å². The lowest BCUT2D eigenvalue weighted by molar-refractivity contribution is 0.369. The maximum absolute atomic E-state index is 9.76. The molecule has 0 saturated heterocycles. The Hall–Kier alpha value is -0.450. The number of nitrogens with two attached hydrogens (primary N) is 1. The Labute approximate surface area is 122 Å². The Balaban J connectivity index is 0.00000162. The van der Waals surface area contributed by atoms with Gasteiger partial charge < -0.3 is 15.6 Å². The van der Waals surface area contributed by atoms with Crippen LogP contribution in [0.15, 0.2) is 16.6 Å². The van der Waals surface area contributed by atoms with Gasteiger partial charge in [0.2, 0.25) is 0 Å². The second-order valence-corrected chi connectivity index (χ2v) is 5.48. The number of methoxy groups -OCH3 is 1. The normalized spacial score (nSPS) is 17.3. The van der Waals surface area contributed by atoms with Crippen LogP contribution in [0.25, 0.3) is 0 Å². The van der Waals surface area contributed by atoms with Crippen LogP contribution < -0.4 is 10.5 Å². The third-order valence-corrected chi connectivity index (χ3v) is 4.17. The first-order valence-corrected chi connectivity index (χ1v) is 6.74. The zero-order valence-electron chi connectivity index (χ0n) is 10.4. The summed E-state index contributed by atoms with van der Waals surface area (Å²) in [6.45, 7) is 0. The van der Waals surface area contributed by atoms with Crippen LogP contribution in [0.4, 0.5) is 0 Å². The van der Waals surface area contributed by atoms with Gasteiger partial charge in [-0.2, -0.15) is 0 Å². The second kappa shape index (κ2) is 6.64. The molecule has 0 aromatic heterocycles. The lowest BCUT2D eigenvalue weighted by atomic mass is 9.92. The molecule has 3 nitrogen and oxygen atoms in total. The minimum atomic E-state index is 0. The van der Waals surface area contributed by atoms with Gasteiger partial charge in [-0.1, -0.05) is 12.8 Å². The minimum Gasteiger partial charge on any atom is -0.503 e. The summed E-state index contributed by atoms with van der Waals surface area (Å²) in [7, 11) is 1.55. The highest BCUT2D eigenvalue weighted by molar-refractivity contribution is 9.10.